The summed E-state index contributed by atoms with van der Waals surface area (Å²) >= 11 is 0. The number of carbonyl (C=O) groups excluding carboxylic acids is 1. The summed E-state index contributed by atoms with van der Waals surface area (Å²) in [5.41, 5.74) is 1.62. The lowest BCUT2D eigenvalue weighted by atomic mass is 9.77. The first-order valence-corrected chi connectivity index (χ1v) is 8.35. The fourth-order valence-electron chi connectivity index (χ4n) is 4.15. The Hall–Kier alpha value is -1.61. The predicted molar refractivity (Wildman–Crippen MR) is 90.2 cm³/mol. The third-order valence-electron chi connectivity index (χ3n) is 5.59. The van der Waals surface area contributed by atoms with Gasteiger partial charge in [0.1, 0.15) is 0 Å². The lowest BCUT2D eigenvalue weighted by Gasteiger charge is -2.42. The summed E-state index contributed by atoms with van der Waals surface area (Å²) in [6.07, 6.45) is 2.04. The van der Waals surface area contributed by atoms with Gasteiger partial charge in [0.15, 0.2) is 0 Å². The van der Waals surface area contributed by atoms with E-state index in [1.54, 1.807) is 12.1 Å². The highest BCUT2D eigenvalue weighted by Crippen LogP contribution is 2.56. The molecular weight excluding hydrogens is 288 g/mol. The molecule has 3 heteroatoms. The van der Waals surface area contributed by atoms with E-state index in [-0.39, 0.29) is 17.0 Å². The van der Waals surface area contributed by atoms with Gasteiger partial charge in [0.25, 0.3) is 0 Å². The van der Waals surface area contributed by atoms with E-state index in [1.165, 1.54) is 5.57 Å². The van der Waals surface area contributed by atoms with Crippen molar-refractivity contribution in [2.45, 2.75) is 39.2 Å². The highest BCUT2D eigenvalue weighted by molar-refractivity contribution is 5.89. The van der Waals surface area contributed by atoms with Crippen LogP contribution in [0.25, 0.3) is 0 Å². The van der Waals surface area contributed by atoms with E-state index in [4.69, 9.17) is 9.47 Å². The molecule has 3 atom stereocenters. The zero-order valence-electron chi connectivity index (χ0n) is 14.3. The number of fused-ring (bicyclic) bond motifs is 2. The van der Waals surface area contributed by atoms with Crippen molar-refractivity contribution in [2.24, 2.45) is 17.3 Å². The number of benzene rings is 1. The van der Waals surface area contributed by atoms with Gasteiger partial charge >= 0.3 is 5.97 Å². The van der Waals surface area contributed by atoms with Gasteiger partial charge in [-0.05, 0) is 57.6 Å². The van der Waals surface area contributed by atoms with Gasteiger partial charge in [0.2, 0.25) is 0 Å². The summed E-state index contributed by atoms with van der Waals surface area (Å²) in [7, 11) is 0. The molecule has 1 heterocycles. The molecule has 0 amide bonds. The molecule has 2 unspecified atom stereocenters. The van der Waals surface area contributed by atoms with E-state index in [2.05, 4.69) is 27.4 Å². The van der Waals surface area contributed by atoms with E-state index >= 15 is 0 Å². The van der Waals surface area contributed by atoms with Crippen molar-refractivity contribution in [3.05, 3.63) is 48.0 Å². The Morgan fingerprint density at radius 3 is 2.65 bits per heavy atom. The molecule has 0 aromatic heterocycles. The lowest BCUT2D eigenvalue weighted by Crippen LogP contribution is -2.45. The van der Waals surface area contributed by atoms with Crippen LogP contribution >= 0.6 is 0 Å². The van der Waals surface area contributed by atoms with Crippen molar-refractivity contribution in [2.75, 3.05) is 13.2 Å². The summed E-state index contributed by atoms with van der Waals surface area (Å²) in [6.45, 7) is 11.7. The van der Waals surface area contributed by atoms with Gasteiger partial charge in [-0.25, -0.2) is 4.79 Å². The Labute approximate surface area is 138 Å². The van der Waals surface area contributed by atoms with E-state index < -0.39 is 0 Å². The molecule has 2 aliphatic rings. The maximum atomic E-state index is 12.2. The maximum absolute atomic E-state index is 12.2. The quantitative estimate of drug-likeness (QED) is 0.616. The summed E-state index contributed by atoms with van der Waals surface area (Å²) in [5.74, 6) is 0.646. The number of esters is 1. The molecule has 0 spiro atoms. The van der Waals surface area contributed by atoms with E-state index in [9.17, 15) is 4.79 Å². The Morgan fingerprint density at radius 2 is 2.00 bits per heavy atom. The Morgan fingerprint density at radius 1 is 1.30 bits per heavy atom. The first-order chi connectivity index (χ1) is 10.8. The van der Waals surface area contributed by atoms with Gasteiger partial charge in [0.05, 0.1) is 24.4 Å². The zero-order chi connectivity index (χ0) is 16.7. The van der Waals surface area contributed by atoms with Crippen molar-refractivity contribution in [3.63, 3.8) is 0 Å². The molecule has 1 saturated heterocycles. The highest BCUT2D eigenvalue weighted by Gasteiger charge is 2.56. The maximum Gasteiger partial charge on any atom is 0.338 e. The monoisotopic (exact) mass is 314 g/mol. The van der Waals surface area contributed by atoms with Crippen LogP contribution in [0.4, 0.5) is 0 Å². The summed E-state index contributed by atoms with van der Waals surface area (Å²) in [6, 6.07) is 9.17. The molecule has 1 aromatic carbocycles. The molecule has 3 nitrogen and oxygen atoms in total. The third kappa shape index (κ3) is 3.07. The highest BCUT2D eigenvalue weighted by atomic mass is 16.5. The van der Waals surface area contributed by atoms with Crippen LogP contribution in [0, 0.1) is 17.3 Å². The van der Waals surface area contributed by atoms with E-state index in [0.717, 1.165) is 12.8 Å². The summed E-state index contributed by atoms with van der Waals surface area (Å²) in [4.78, 5) is 12.2. The number of hydrogen-bond acceptors (Lipinski definition) is 3. The first-order valence-electron chi connectivity index (χ1n) is 8.35. The number of carbonyl (C=O) groups is 1. The van der Waals surface area contributed by atoms with E-state index in [1.807, 2.05) is 18.2 Å². The Bertz CT molecular complexity index is 605. The second kappa shape index (κ2) is 5.79. The van der Waals surface area contributed by atoms with E-state index in [0.29, 0.717) is 30.6 Å². The van der Waals surface area contributed by atoms with Gasteiger partial charge < -0.3 is 9.47 Å². The van der Waals surface area contributed by atoms with Crippen LogP contribution in [0.3, 0.4) is 0 Å². The van der Waals surface area contributed by atoms with Crippen LogP contribution in [0.5, 0.6) is 0 Å². The molecular formula is C20H26O3. The number of rotatable bonds is 4. The van der Waals surface area contributed by atoms with Crippen molar-refractivity contribution in [3.8, 4) is 0 Å². The SMILES string of the molecule is C=C(C)C1C[C@]2(COC(=O)c3ccccc3)COC(C)(C)C1C2. The van der Waals surface area contributed by atoms with Crippen LogP contribution in [-0.4, -0.2) is 24.8 Å². The Kier molecular flexibility index (Phi) is 4.09. The molecule has 1 aliphatic heterocycles. The fraction of sp³-hybridized carbons (Fsp3) is 0.550. The van der Waals surface area contributed by atoms with Gasteiger partial charge in [0, 0.05) is 5.41 Å². The van der Waals surface area contributed by atoms with Crippen molar-refractivity contribution >= 4 is 5.97 Å². The second-order valence-electron chi connectivity index (χ2n) is 7.80. The topological polar surface area (TPSA) is 35.5 Å². The predicted octanol–water partition coefficient (Wildman–Crippen LogP) is 4.24. The molecule has 23 heavy (non-hydrogen) atoms. The molecule has 1 aromatic rings. The minimum atomic E-state index is -0.250. The average Bonchev–Trinajstić information content (AvgIpc) is 2.89. The van der Waals surface area contributed by atoms with Crippen molar-refractivity contribution < 1.29 is 14.3 Å². The summed E-state index contributed by atoms with van der Waals surface area (Å²) in [5, 5.41) is 0. The minimum absolute atomic E-state index is 0.0613. The van der Waals surface area contributed by atoms with Crippen LogP contribution < -0.4 is 0 Å². The molecule has 2 fully saturated rings. The molecule has 3 rings (SSSR count). The zero-order valence-corrected chi connectivity index (χ0v) is 14.3. The number of ether oxygens (including phenoxy) is 2. The normalized spacial score (nSPS) is 31.6. The number of hydrogen-bond donors (Lipinski definition) is 0. The summed E-state index contributed by atoms with van der Waals surface area (Å²) < 4.78 is 11.8. The third-order valence-corrected chi connectivity index (χ3v) is 5.59. The molecule has 1 saturated carbocycles. The van der Waals surface area contributed by atoms with Gasteiger partial charge in [-0.15, -0.1) is 0 Å². The smallest absolute Gasteiger partial charge is 0.338 e. The minimum Gasteiger partial charge on any atom is -0.461 e. The van der Waals surface area contributed by atoms with Crippen LogP contribution in [-0.2, 0) is 9.47 Å². The van der Waals surface area contributed by atoms with Crippen LogP contribution in [0.1, 0.15) is 44.0 Å². The standard InChI is InChI=1S/C20H26O3/c1-14(2)16-10-20(11-17(16)19(3,4)23-13-20)12-22-18(21)15-8-6-5-7-9-15/h5-9,16-17H,1,10-13H2,2-4H3/t16?,17?,20-/m0/s1. The molecule has 124 valence electrons. The van der Waals surface area contributed by atoms with Gasteiger partial charge in [-0.3, -0.25) is 0 Å². The molecule has 2 bridgehead atoms. The first kappa shape index (κ1) is 16.3. The molecule has 0 radical (unpaired) electrons. The molecule has 1 aliphatic carbocycles. The average molecular weight is 314 g/mol. The van der Waals surface area contributed by atoms with Crippen molar-refractivity contribution in [1.29, 1.82) is 0 Å². The van der Waals surface area contributed by atoms with Crippen molar-refractivity contribution in [1.82, 2.24) is 0 Å². The van der Waals surface area contributed by atoms with Crippen LogP contribution in [0.15, 0.2) is 42.5 Å². The Balaban J connectivity index is 1.71. The van der Waals surface area contributed by atoms with Gasteiger partial charge in [-0.2, -0.15) is 0 Å². The number of allylic oxidation sites excluding steroid dienone is 1. The molecule has 0 N–H and O–H groups in total. The lowest BCUT2D eigenvalue weighted by molar-refractivity contribution is -0.136. The van der Waals surface area contributed by atoms with Gasteiger partial charge in [-0.1, -0.05) is 30.4 Å². The fourth-order valence-corrected chi connectivity index (χ4v) is 4.15. The second-order valence-corrected chi connectivity index (χ2v) is 7.80. The van der Waals surface area contributed by atoms with Crippen LogP contribution in [0.2, 0.25) is 0 Å². The largest absolute Gasteiger partial charge is 0.461 e.